The lowest BCUT2D eigenvalue weighted by Crippen LogP contribution is -2.71. The van der Waals surface area contributed by atoms with Gasteiger partial charge in [-0.2, -0.15) is 0 Å². The van der Waals surface area contributed by atoms with Crippen molar-refractivity contribution >= 4 is 0 Å². The summed E-state index contributed by atoms with van der Waals surface area (Å²) < 4.78 is 25.2. The van der Waals surface area contributed by atoms with Crippen molar-refractivity contribution in [3.63, 3.8) is 0 Å². The molecule has 2 aliphatic heterocycles. The van der Waals surface area contributed by atoms with E-state index in [-0.39, 0.29) is 23.3 Å². The van der Waals surface area contributed by atoms with E-state index in [0.29, 0.717) is 24.4 Å². The summed E-state index contributed by atoms with van der Waals surface area (Å²) in [6.07, 6.45) is 2.67. The Labute approximate surface area is 239 Å². The minimum atomic E-state index is -1.17. The number of rotatable bonds is 2. The Morgan fingerprint density at radius 1 is 1.05 bits per heavy atom. The molecule has 2 aromatic heterocycles. The number of aromatic nitrogens is 1. The second-order valence-corrected chi connectivity index (χ2v) is 13.2. The number of nitrogens with zero attached hydrogens (tertiary/aromatic N) is 1. The highest BCUT2D eigenvalue weighted by Gasteiger charge is 2.70. The lowest BCUT2D eigenvalue weighted by atomic mass is 9.42. The van der Waals surface area contributed by atoms with Crippen LogP contribution in [0.5, 0.6) is 5.75 Å². The zero-order chi connectivity index (χ0) is 28.7. The fraction of sp³-hybridized carbons (Fsp3) is 0.515. The Hall–Kier alpha value is -3.04. The molecule has 0 bridgehead atoms. The molecule has 3 fully saturated rings. The summed E-state index contributed by atoms with van der Waals surface area (Å²) in [6.45, 7) is 8.74. The van der Waals surface area contributed by atoms with Crippen LogP contribution in [0.25, 0.3) is 11.3 Å². The van der Waals surface area contributed by atoms with Crippen molar-refractivity contribution in [3.05, 3.63) is 82.0 Å². The first-order chi connectivity index (χ1) is 19.5. The minimum Gasteiger partial charge on any atom is -0.484 e. The summed E-state index contributed by atoms with van der Waals surface area (Å²) in [4.78, 5) is 17.5. The first-order valence-corrected chi connectivity index (χ1v) is 14.5. The van der Waals surface area contributed by atoms with Crippen molar-refractivity contribution in [2.24, 2.45) is 22.7 Å². The molecule has 0 spiro atoms. The molecule has 9 atom stereocenters. The minimum absolute atomic E-state index is 0.0400. The van der Waals surface area contributed by atoms with E-state index in [9.17, 15) is 15.0 Å². The van der Waals surface area contributed by atoms with Crippen molar-refractivity contribution in [3.8, 4) is 17.1 Å². The van der Waals surface area contributed by atoms with Crippen molar-refractivity contribution in [2.75, 3.05) is 6.61 Å². The first-order valence-electron chi connectivity index (χ1n) is 14.5. The predicted molar refractivity (Wildman–Crippen MR) is 150 cm³/mol. The van der Waals surface area contributed by atoms with Crippen LogP contribution in [0, 0.1) is 29.6 Å². The number of hydrogen-bond acceptors (Lipinski definition) is 8. The highest BCUT2D eigenvalue weighted by Crippen LogP contribution is 2.68. The van der Waals surface area contributed by atoms with E-state index in [2.05, 4.69) is 37.9 Å². The molecule has 41 heavy (non-hydrogen) atoms. The van der Waals surface area contributed by atoms with E-state index < -0.39 is 46.5 Å². The predicted octanol–water partition coefficient (Wildman–Crippen LogP) is 5.11. The molecule has 4 aliphatic rings. The number of aliphatic hydroxyl groups excluding tert-OH is 2. The summed E-state index contributed by atoms with van der Waals surface area (Å²) in [5, 5.41) is 23.7. The van der Waals surface area contributed by atoms with Gasteiger partial charge in [-0.25, -0.2) is 4.79 Å². The number of fused-ring (bicyclic) bond motifs is 6. The second-order valence-electron chi connectivity index (χ2n) is 13.2. The second kappa shape index (κ2) is 9.23. The van der Waals surface area contributed by atoms with Crippen LogP contribution < -0.4 is 10.4 Å². The molecular weight excluding hydrogens is 522 g/mol. The van der Waals surface area contributed by atoms with Crippen molar-refractivity contribution in [1.82, 2.24) is 4.98 Å². The van der Waals surface area contributed by atoms with Gasteiger partial charge in [-0.3, -0.25) is 4.98 Å². The van der Waals surface area contributed by atoms with Crippen LogP contribution in [0.3, 0.4) is 0 Å². The Bertz CT molecular complexity index is 1540. The van der Waals surface area contributed by atoms with E-state index in [0.717, 1.165) is 24.0 Å². The van der Waals surface area contributed by atoms with Crippen molar-refractivity contribution in [2.45, 2.75) is 77.2 Å². The molecule has 2 saturated carbocycles. The van der Waals surface area contributed by atoms with Gasteiger partial charge >= 0.3 is 5.63 Å². The fourth-order valence-corrected chi connectivity index (χ4v) is 8.70. The van der Waals surface area contributed by atoms with Gasteiger partial charge in [-0.1, -0.05) is 43.7 Å². The molecule has 2 aliphatic carbocycles. The standard InChI is InChI=1S/C33H37NO7/c1-18-7-5-8-19(13-18)30-38-17-32(3)23-15-24(35)33(4)28(31(23,2)11-10-25(32)40-30)27(36)26-22(41-33)14-21(39-29(26)37)20-9-6-12-34-16-20/h5-9,12-14,16,23-25,27-28,30,35-36H,10-11,15,17H2,1-4H3/t23-,24+,25+,27+,28-,30-,31+,32+,33-/m1/s1. The number of benzene rings is 1. The van der Waals surface area contributed by atoms with E-state index in [1.807, 2.05) is 19.1 Å². The van der Waals surface area contributed by atoms with Crippen LogP contribution in [-0.4, -0.2) is 39.6 Å². The van der Waals surface area contributed by atoms with Gasteiger partial charge in [-0.05, 0) is 56.6 Å². The smallest absolute Gasteiger partial charge is 0.345 e. The molecule has 1 aromatic carbocycles. The first kappa shape index (κ1) is 26.8. The van der Waals surface area contributed by atoms with Gasteiger partial charge in [0.2, 0.25) is 0 Å². The molecular formula is C33H37NO7. The summed E-state index contributed by atoms with van der Waals surface area (Å²) in [7, 11) is 0. The normalized spacial score (nSPS) is 39.5. The van der Waals surface area contributed by atoms with Gasteiger partial charge in [0.15, 0.2) is 6.29 Å². The van der Waals surface area contributed by atoms with Crippen LogP contribution >= 0.6 is 0 Å². The number of aryl methyl sites for hydroxylation is 1. The largest absolute Gasteiger partial charge is 0.484 e. The van der Waals surface area contributed by atoms with Gasteiger partial charge in [-0.15, -0.1) is 0 Å². The molecule has 0 amide bonds. The van der Waals surface area contributed by atoms with Crippen molar-refractivity contribution < 1.29 is 28.8 Å². The highest BCUT2D eigenvalue weighted by molar-refractivity contribution is 5.59. The van der Waals surface area contributed by atoms with Crippen LogP contribution in [0.1, 0.15) is 69.1 Å². The molecule has 1 saturated heterocycles. The van der Waals surface area contributed by atoms with Gasteiger partial charge in [0, 0.05) is 40.9 Å². The van der Waals surface area contributed by atoms with Gasteiger partial charge in [0.1, 0.15) is 22.7 Å². The summed E-state index contributed by atoms with van der Waals surface area (Å²) in [5.41, 5.74) is 0.277. The third-order valence-electron chi connectivity index (χ3n) is 10.7. The van der Waals surface area contributed by atoms with Gasteiger partial charge in [0.25, 0.3) is 0 Å². The maximum absolute atomic E-state index is 13.3. The lowest BCUT2D eigenvalue weighted by Gasteiger charge is -2.67. The average Bonchev–Trinajstić information content (AvgIpc) is 2.94. The number of ether oxygens (including phenoxy) is 3. The number of aliphatic hydroxyl groups is 2. The van der Waals surface area contributed by atoms with E-state index >= 15 is 0 Å². The van der Waals surface area contributed by atoms with Crippen molar-refractivity contribution in [1.29, 1.82) is 0 Å². The van der Waals surface area contributed by atoms with Crippen LogP contribution in [-0.2, 0) is 9.47 Å². The zero-order valence-corrected chi connectivity index (χ0v) is 23.9. The summed E-state index contributed by atoms with van der Waals surface area (Å²) in [6, 6.07) is 13.4. The maximum atomic E-state index is 13.3. The molecule has 3 aromatic rings. The van der Waals surface area contributed by atoms with E-state index in [1.54, 1.807) is 30.6 Å². The topological polar surface area (TPSA) is 111 Å². The molecule has 4 heterocycles. The van der Waals surface area contributed by atoms with Gasteiger partial charge in [0.05, 0.1) is 24.9 Å². The molecule has 0 unspecified atom stereocenters. The molecule has 8 heteroatoms. The Morgan fingerprint density at radius 3 is 2.63 bits per heavy atom. The van der Waals surface area contributed by atoms with E-state index in [4.69, 9.17) is 18.6 Å². The third kappa shape index (κ3) is 3.88. The van der Waals surface area contributed by atoms with Crippen LogP contribution in [0.4, 0.5) is 0 Å². The summed E-state index contributed by atoms with van der Waals surface area (Å²) in [5.74, 6) is -0.0340. The van der Waals surface area contributed by atoms with E-state index in [1.165, 1.54) is 0 Å². The monoisotopic (exact) mass is 559 g/mol. The lowest BCUT2D eigenvalue weighted by molar-refractivity contribution is -0.330. The highest BCUT2D eigenvalue weighted by atomic mass is 16.7. The SMILES string of the molecule is Cc1cccc([C@@H]2OC[C@@]3(C)[C@@H]4C[C@H](O)[C@@]5(C)Oc6cc(-c7cccnc7)oc(=O)c6[C@H](O)[C@@H]5[C@@]4(C)CC[C@@H]3O2)c1. The van der Waals surface area contributed by atoms with Crippen LogP contribution in [0.2, 0.25) is 0 Å². The van der Waals surface area contributed by atoms with Crippen LogP contribution in [0.15, 0.2) is 64.1 Å². The Kier molecular flexibility index (Phi) is 6.04. The molecule has 216 valence electrons. The quantitative estimate of drug-likeness (QED) is 0.446. The summed E-state index contributed by atoms with van der Waals surface area (Å²) >= 11 is 0. The third-order valence-corrected chi connectivity index (χ3v) is 10.7. The number of pyridine rings is 1. The zero-order valence-electron chi connectivity index (χ0n) is 23.9. The average molecular weight is 560 g/mol. The molecule has 0 radical (unpaired) electrons. The maximum Gasteiger partial charge on any atom is 0.345 e. The molecule has 8 nitrogen and oxygen atoms in total. The van der Waals surface area contributed by atoms with Gasteiger partial charge < -0.3 is 28.8 Å². The Morgan fingerprint density at radius 2 is 1.88 bits per heavy atom. The number of hydrogen-bond donors (Lipinski definition) is 2. The molecule has 7 rings (SSSR count). The Balaban J connectivity index is 1.25. The molecule has 2 N–H and O–H groups in total. The fourth-order valence-electron chi connectivity index (χ4n) is 8.70.